The molecule has 1 spiro atoms. The van der Waals surface area contributed by atoms with Crippen molar-refractivity contribution in [1.29, 1.82) is 0 Å². The zero-order valence-corrected chi connectivity index (χ0v) is 16.1. The molecule has 2 aromatic rings. The van der Waals surface area contributed by atoms with Crippen molar-refractivity contribution >= 4 is 0 Å². The summed E-state index contributed by atoms with van der Waals surface area (Å²) in [4.78, 5) is 11.3. The van der Waals surface area contributed by atoms with Gasteiger partial charge in [-0.15, -0.1) is 0 Å². The molecule has 0 aliphatic carbocycles. The van der Waals surface area contributed by atoms with Crippen molar-refractivity contribution in [3.05, 3.63) is 54.1 Å². The van der Waals surface area contributed by atoms with Gasteiger partial charge in [-0.2, -0.15) is 0 Å². The maximum Gasteiger partial charge on any atom is 0.137 e. The van der Waals surface area contributed by atoms with Crippen molar-refractivity contribution in [2.45, 2.75) is 44.8 Å². The predicted molar refractivity (Wildman–Crippen MR) is 105 cm³/mol. The lowest BCUT2D eigenvalue weighted by atomic mass is 9.78. The zero-order chi connectivity index (χ0) is 18.5. The van der Waals surface area contributed by atoms with E-state index >= 15 is 0 Å². The monoisotopic (exact) mass is 367 g/mol. The molecule has 5 heteroatoms. The Morgan fingerprint density at radius 3 is 2.89 bits per heavy atom. The molecule has 0 amide bonds. The summed E-state index contributed by atoms with van der Waals surface area (Å²) in [5.74, 6) is 1.44. The fraction of sp³-hybridized carbons (Fsp3) is 0.545. The number of likely N-dealkylation sites (tertiary alicyclic amines) is 1. The van der Waals surface area contributed by atoms with Gasteiger partial charge in [-0.3, -0.25) is 14.9 Å². The van der Waals surface area contributed by atoms with E-state index < -0.39 is 0 Å². The van der Waals surface area contributed by atoms with Gasteiger partial charge in [-0.25, -0.2) is 0 Å². The van der Waals surface area contributed by atoms with Gasteiger partial charge in [-0.05, 0) is 62.8 Å². The first-order chi connectivity index (χ1) is 13.2. The first-order valence-electron chi connectivity index (χ1n) is 10.1. The van der Waals surface area contributed by atoms with Gasteiger partial charge in [0.1, 0.15) is 5.75 Å². The first-order valence-corrected chi connectivity index (χ1v) is 10.1. The Bertz CT molecular complexity index is 729. The Labute approximate surface area is 161 Å². The van der Waals surface area contributed by atoms with Gasteiger partial charge in [0.05, 0.1) is 24.1 Å². The molecule has 2 aliphatic heterocycles. The second-order valence-electron chi connectivity index (χ2n) is 7.77. The van der Waals surface area contributed by atoms with E-state index in [-0.39, 0.29) is 5.60 Å². The largest absolute Gasteiger partial charge is 0.492 e. The highest BCUT2D eigenvalue weighted by Crippen LogP contribution is 2.42. The molecule has 0 radical (unpaired) electrons. The van der Waals surface area contributed by atoms with E-state index in [1.807, 2.05) is 12.1 Å². The van der Waals surface area contributed by atoms with Crippen molar-refractivity contribution in [1.82, 2.24) is 14.9 Å². The van der Waals surface area contributed by atoms with Gasteiger partial charge in [0.2, 0.25) is 0 Å². The molecule has 0 bridgehead atoms. The van der Waals surface area contributed by atoms with Crippen LogP contribution in [0.5, 0.6) is 5.75 Å². The maximum atomic E-state index is 6.30. The minimum absolute atomic E-state index is 0.0504. The third-order valence-electron chi connectivity index (χ3n) is 6.00. The quantitative estimate of drug-likeness (QED) is 0.780. The molecule has 1 atom stereocenters. The number of piperidine rings is 1. The summed E-state index contributed by atoms with van der Waals surface area (Å²) in [5.41, 5.74) is 2.31. The lowest BCUT2D eigenvalue weighted by molar-refractivity contribution is -0.0710. The third-order valence-corrected chi connectivity index (χ3v) is 6.00. The number of rotatable bonds is 6. The number of aromatic nitrogens is 2. The first kappa shape index (κ1) is 18.4. The summed E-state index contributed by atoms with van der Waals surface area (Å²) >= 11 is 0. The highest BCUT2D eigenvalue weighted by atomic mass is 16.5. The molecule has 1 unspecified atom stereocenters. The van der Waals surface area contributed by atoms with Gasteiger partial charge in [0, 0.05) is 38.1 Å². The highest BCUT2D eigenvalue weighted by molar-refractivity contribution is 5.15. The van der Waals surface area contributed by atoms with Crippen LogP contribution in [0.25, 0.3) is 0 Å². The Morgan fingerprint density at radius 2 is 2.11 bits per heavy atom. The van der Waals surface area contributed by atoms with Crippen LogP contribution in [-0.2, 0) is 11.3 Å². The van der Waals surface area contributed by atoms with Crippen LogP contribution in [0.15, 0.2) is 42.7 Å². The molecule has 4 rings (SSSR count). The van der Waals surface area contributed by atoms with Crippen molar-refractivity contribution in [2.75, 3.05) is 26.3 Å². The molecule has 27 heavy (non-hydrogen) atoms. The van der Waals surface area contributed by atoms with Crippen LogP contribution < -0.4 is 4.74 Å². The van der Waals surface area contributed by atoms with Gasteiger partial charge < -0.3 is 9.47 Å². The van der Waals surface area contributed by atoms with Crippen LogP contribution in [0.2, 0.25) is 0 Å². The molecular formula is C22H29N3O2. The van der Waals surface area contributed by atoms with Crippen molar-refractivity contribution in [3.63, 3.8) is 0 Å². The van der Waals surface area contributed by atoms with Crippen LogP contribution in [0.3, 0.4) is 0 Å². The molecule has 0 saturated carbocycles. The summed E-state index contributed by atoms with van der Waals surface area (Å²) in [5, 5.41) is 0. The fourth-order valence-corrected chi connectivity index (χ4v) is 4.50. The molecule has 4 heterocycles. The topological polar surface area (TPSA) is 47.5 Å². The van der Waals surface area contributed by atoms with Gasteiger partial charge in [0.15, 0.2) is 0 Å². The molecule has 2 saturated heterocycles. The van der Waals surface area contributed by atoms with E-state index in [2.05, 4.69) is 40.0 Å². The summed E-state index contributed by atoms with van der Waals surface area (Å²) in [6.07, 6.45) is 7.96. The van der Waals surface area contributed by atoms with E-state index in [1.165, 1.54) is 5.69 Å². The highest BCUT2D eigenvalue weighted by Gasteiger charge is 2.45. The van der Waals surface area contributed by atoms with E-state index in [0.717, 1.165) is 70.0 Å². The molecular weight excluding hydrogens is 338 g/mol. The molecule has 2 aliphatic rings. The second-order valence-corrected chi connectivity index (χ2v) is 7.77. The van der Waals surface area contributed by atoms with E-state index in [1.54, 1.807) is 12.4 Å². The Kier molecular flexibility index (Phi) is 5.69. The zero-order valence-electron chi connectivity index (χ0n) is 16.1. The molecule has 5 nitrogen and oxygen atoms in total. The number of ether oxygens (including phenoxy) is 2. The maximum absolute atomic E-state index is 6.30. The number of pyridine rings is 2. The predicted octanol–water partition coefficient (Wildman–Crippen LogP) is 3.63. The number of nitrogens with zero attached hydrogens (tertiary/aromatic N) is 3. The normalized spacial score (nSPS) is 22.2. The summed E-state index contributed by atoms with van der Waals surface area (Å²) < 4.78 is 12.2. The number of hydrogen-bond donors (Lipinski definition) is 0. The van der Waals surface area contributed by atoms with Gasteiger partial charge in [-0.1, -0.05) is 6.07 Å². The third kappa shape index (κ3) is 4.47. The summed E-state index contributed by atoms with van der Waals surface area (Å²) in [6.45, 7) is 6.77. The summed E-state index contributed by atoms with van der Waals surface area (Å²) in [7, 11) is 0. The standard InChI is InChI=1S/C22H29N3O2/c1-18-4-2-5-20(24-18)17-25-12-9-22(10-13-25)19(8-15-27-22)7-14-26-21-6-3-11-23-16-21/h2-6,11,16,19H,7-10,12-15,17H2,1H3. The van der Waals surface area contributed by atoms with Gasteiger partial charge >= 0.3 is 0 Å². The molecule has 2 fully saturated rings. The fourth-order valence-electron chi connectivity index (χ4n) is 4.50. The van der Waals surface area contributed by atoms with Crippen LogP contribution in [0.4, 0.5) is 0 Å². The van der Waals surface area contributed by atoms with E-state index in [9.17, 15) is 0 Å². The minimum Gasteiger partial charge on any atom is -0.492 e. The van der Waals surface area contributed by atoms with Crippen LogP contribution in [0.1, 0.15) is 37.1 Å². The lowest BCUT2D eigenvalue weighted by Gasteiger charge is -2.42. The summed E-state index contributed by atoms with van der Waals surface area (Å²) in [6, 6.07) is 10.2. The molecule has 0 N–H and O–H groups in total. The lowest BCUT2D eigenvalue weighted by Crippen LogP contribution is -2.47. The SMILES string of the molecule is Cc1cccc(CN2CCC3(CC2)OCCC3CCOc2cccnc2)n1. The molecule has 144 valence electrons. The Hall–Kier alpha value is -1.98. The van der Waals surface area contributed by atoms with Crippen LogP contribution in [-0.4, -0.2) is 46.8 Å². The Balaban J connectivity index is 1.28. The van der Waals surface area contributed by atoms with Crippen molar-refractivity contribution < 1.29 is 9.47 Å². The Morgan fingerprint density at radius 1 is 1.22 bits per heavy atom. The van der Waals surface area contributed by atoms with Crippen molar-refractivity contribution in [2.24, 2.45) is 5.92 Å². The van der Waals surface area contributed by atoms with Crippen molar-refractivity contribution in [3.8, 4) is 5.75 Å². The van der Waals surface area contributed by atoms with Gasteiger partial charge in [0.25, 0.3) is 0 Å². The van der Waals surface area contributed by atoms with E-state index in [4.69, 9.17) is 9.47 Å². The minimum atomic E-state index is 0.0504. The second kappa shape index (κ2) is 8.36. The number of hydrogen-bond acceptors (Lipinski definition) is 5. The average molecular weight is 367 g/mol. The molecule has 2 aromatic heterocycles. The van der Waals surface area contributed by atoms with Crippen LogP contribution in [0, 0.1) is 12.8 Å². The number of aryl methyl sites for hydroxylation is 1. The molecule has 0 aromatic carbocycles. The average Bonchev–Trinajstić information content (AvgIpc) is 3.07. The smallest absolute Gasteiger partial charge is 0.137 e. The van der Waals surface area contributed by atoms with Crippen LogP contribution >= 0.6 is 0 Å². The van der Waals surface area contributed by atoms with E-state index in [0.29, 0.717) is 5.92 Å².